The first-order valence-electron chi connectivity index (χ1n) is 9.75. The van der Waals surface area contributed by atoms with E-state index in [1.54, 1.807) is 16.0 Å². The number of aliphatic hydroxyl groups is 1. The molecule has 2 amide bonds. The van der Waals surface area contributed by atoms with E-state index in [0.29, 0.717) is 13.1 Å². The van der Waals surface area contributed by atoms with Crippen LogP contribution in [0.15, 0.2) is 54.7 Å². The molecule has 7 nitrogen and oxygen atoms in total. The highest BCUT2D eigenvalue weighted by Crippen LogP contribution is 2.53. The van der Waals surface area contributed by atoms with Gasteiger partial charge in [-0.2, -0.15) is 0 Å². The first-order valence-corrected chi connectivity index (χ1v) is 9.75. The lowest BCUT2D eigenvalue weighted by Crippen LogP contribution is -2.86. The summed E-state index contributed by atoms with van der Waals surface area (Å²) >= 11 is 0. The van der Waals surface area contributed by atoms with Crippen molar-refractivity contribution in [3.8, 4) is 0 Å². The van der Waals surface area contributed by atoms with Crippen molar-refractivity contribution >= 4 is 11.8 Å². The largest absolute Gasteiger partial charge is 0.394 e. The molecule has 1 spiro atoms. The van der Waals surface area contributed by atoms with E-state index in [2.05, 4.69) is 4.98 Å². The quantitative estimate of drug-likeness (QED) is 0.784. The molecule has 152 valence electrons. The molecule has 3 heterocycles. The second kappa shape index (κ2) is 7.93. The van der Waals surface area contributed by atoms with Gasteiger partial charge in [-0.25, -0.2) is 0 Å². The number of hydrogen-bond acceptors (Lipinski definition) is 5. The maximum atomic E-state index is 12.7. The number of likely N-dealkylation sites (tertiary alicyclic amines) is 2. The Bertz CT molecular complexity index is 868. The minimum absolute atomic E-state index is 0.00674. The van der Waals surface area contributed by atoms with Crippen LogP contribution >= 0.6 is 0 Å². The Kier molecular flexibility index (Phi) is 5.34. The van der Waals surface area contributed by atoms with Crippen molar-refractivity contribution in [3.05, 3.63) is 66.0 Å². The van der Waals surface area contributed by atoms with Gasteiger partial charge in [-0.05, 0) is 17.7 Å². The number of hydrogen-bond donors (Lipinski definition) is 1. The third-order valence-corrected chi connectivity index (χ3v) is 6.00. The lowest BCUT2D eigenvalue weighted by molar-refractivity contribution is -0.205. The maximum absolute atomic E-state index is 12.7. The normalized spacial score (nSPS) is 22.1. The Balaban J connectivity index is 1.55. The van der Waals surface area contributed by atoms with E-state index in [0.717, 1.165) is 11.3 Å². The molecule has 0 saturated carbocycles. The molecule has 2 saturated heterocycles. The zero-order chi connectivity index (χ0) is 20.4. The molecule has 2 fully saturated rings. The van der Waals surface area contributed by atoms with Crippen LogP contribution in [-0.2, 0) is 20.7 Å². The molecule has 2 aliphatic rings. The van der Waals surface area contributed by atoms with Crippen molar-refractivity contribution in [2.24, 2.45) is 0 Å². The highest BCUT2D eigenvalue weighted by atomic mass is 16.5. The van der Waals surface area contributed by atoms with E-state index in [4.69, 9.17) is 4.74 Å². The number of aliphatic hydroxyl groups excluding tert-OH is 1. The topological polar surface area (TPSA) is 83.0 Å². The van der Waals surface area contributed by atoms with Gasteiger partial charge >= 0.3 is 0 Å². The Morgan fingerprint density at radius 2 is 1.86 bits per heavy atom. The van der Waals surface area contributed by atoms with E-state index in [1.807, 2.05) is 48.5 Å². The van der Waals surface area contributed by atoms with Crippen LogP contribution in [0, 0.1) is 0 Å². The minimum atomic E-state index is -0.496. The number of carbonyl (C=O) groups is 2. The Morgan fingerprint density at radius 1 is 1.14 bits per heavy atom. The third-order valence-electron chi connectivity index (χ3n) is 6.00. The summed E-state index contributed by atoms with van der Waals surface area (Å²) in [5, 5.41) is 10.0. The van der Waals surface area contributed by atoms with E-state index in [9.17, 15) is 14.7 Å². The molecule has 0 aliphatic carbocycles. The molecule has 2 atom stereocenters. The van der Waals surface area contributed by atoms with Gasteiger partial charge in [-0.15, -0.1) is 0 Å². The van der Waals surface area contributed by atoms with Crippen LogP contribution in [0.3, 0.4) is 0 Å². The van der Waals surface area contributed by atoms with Gasteiger partial charge in [0.1, 0.15) is 6.61 Å². The van der Waals surface area contributed by atoms with Crippen molar-refractivity contribution in [1.82, 2.24) is 14.8 Å². The molecule has 29 heavy (non-hydrogen) atoms. The van der Waals surface area contributed by atoms with E-state index in [-0.39, 0.29) is 43.4 Å². The molecule has 1 aromatic heterocycles. The summed E-state index contributed by atoms with van der Waals surface area (Å²) in [5.41, 5.74) is 1.31. The number of amides is 2. The smallest absolute Gasteiger partial charge is 0.249 e. The van der Waals surface area contributed by atoms with E-state index < -0.39 is 5.54 Å². The van der Waals surface area contributed by atoms with Crippen LogP contribution in [-0.4, -0.2) is 76.7 Å². The maximum Gasteiger partial charge on any atom is 0.249 e. The monoisotopic (exact) mass is 395 g/mol. The molecule has 0 bridgehead atoms. The Morgan fingerprint density at radius 3 is 2.48 bits per heavy atom. The Labute approximate surface area is 169 Å². The number of benzene rings is 1. The highest BCUT2D eigenvalue weighted by molar-refractivity contribution is 5.84. The molecule has 1 N–H and O–H groups in total. The summed E-state index contributed by atoms with van der Waals surface area (Å²) in [4.78, 5) is 33.2. The molecule has 2 aliphatic heterocycles. The fraction of sp³-hybridized carbons (Fsp3) is 0.409. The number of carbonyl (C=O) groups excluding carboxylic acids is 2. The second-order valence-electron chi connectivity index (χ2n) is 7.69. The number of ether oxygens (including phenoxy) is 1. The lowest BCUT2D eigenvalue weighted by Gasteiger charge is -2.70. The van der Waals surface area contributed by atoms with E-state index in [1.165, 1.54) is 7.11 Å². The van der Waals surface area contributed by atoms with Gasteiger partial charge in [-0.3, -0.25) is 14.6 Å². The number of pyridine rings is 1. The summed E-state index contributed by atoms with van der Waals surface area (Å²) < 4.78 is 5.05. The van der Waals surface area contributed by atoms with Crippen LogP contribution in [0.5, 0.6) is 0 Å². The average molecular weight is 395 g/mol. The van der Waals surface area contributed by atoms with Crippen molar-refractivity contribution in [1.29, 1.82) is 0 Å². The van der Waals surface area contributed by atoms with Crippen LogP contribution in [0.25, 0.3) is 0 Å². The van der Waals surface area contributed by atoms with Crippen molar-refractivity contribution in [2.45, 2.75) is 23.9 Å². The fourth-order valence-electron chi connectivity index (χ4n) is 4.82. The lowest BCUT2D eigenvalue weighted by atomic mass is 9.60. The number of rotatable bonds is 6. The van der Waals surface area contributed by atoms with Gasteiger partial charge in [0.2, 0.25) is 11.8 Å². The molecule has 0 unspecified atom stereocenters. The van der Waals surface area contributed by atoms with Crippen LogP contribution in [0.1, 0.15) is 17.2 Å². The SMILES string of the molecule is COCC(=O)N1[C@@H](CO)[C@@H](c2ccccc2)C12CN(C(=O)Cc1ccccn1)C2. The van der Waals surface area contributed by atoms with Gasteiger partial charge in [0, 0.05) is 38.0 Å². The second-order valence-corrected chi connectivity index (χ2v) is 7.69. The Hall–Kier alpha value is -2.77. The van der Waals surface area contributed by atoms with Crippen molar-refractivity contribution in [3.63, 3.8) is 0 Å². The summed E-state index contributed by atoms with van der Waals surface area (Å²) in [7, 11) is 1.48. The van der Waals surface area contributed by atoms with Crippen LogP contribution in [0.4, 0.5) is 0 Å². The van der Waals surface area contributed by atoms with Crippen molar-refractivity contribution in [2.75, 3.05) is 33.4 Å². The molecule has 2 aromatic rings. The number of aromatic nitrogens is 1. The predicted octanol–water partition coefficient (Wildman–Crippen LogP) is 0.838. The average Bonchev–Trinajstić information content (AvgIpc) is 2.68. The molecule has 4 rings (SSSR count). The first-order chi connectivity index (χ1) is 14.1. The zero-order valence-electron chi connectivity index (χ0n) is 16.4. The van der Waals surface area contributed by atoms with Gasteiger partial charge in [0.25, 0.3) is 0 Å². The first kappa shape index (κ1) is 19.5. The molecular formula is C22H25N3O4. The number of nitrogens with zero attached hydrogens (tertiary/aromatic N) is 3. The third kappa shape index (κ3) is 3.30. The zero-order valence-corrected chi connectivity index (χ0v) is 16.4. The fourth-order valence-corrected chi connectivity index (χ4v) is 4.82. The molecule has 7 heteroatoms. The van der Waals surface area contributed by atoms with Gasteiger partial charge in [-0.1, -0.05) is 36.4 Å². The van der Waals surface area contributed by atoms with E-state index >= 15 is 0 Å². The van der Waals surface area contributed by atoms with Crippen LogP contribution in [0.2, 0.25) is 0 Å². The van der Waals surface area contributed by atoms with Crippen LogP contribution < -0.4 is 0 Å². The van der Waals surface area contributed by atoms with Gasteiger partial charge in [0.15, 0.2) is 0 Å². The summed E-state index contributed by atoms with van der Waals surface area (Å²) in [6.45, 7) is 0.731. The summed E-state index contributed by atoms with van der Waals surface area (Å²) in [5.74, 6) is -0.184. The summed E-state index contributed by atoms with van der Waals surface area (Å²) in [6, 6.07) is 15.1. The number of methoxy groups -OCH3 is 1. The minimum Gasteiger partial charge on any atom is -0.394 e. The van der Waals surface area contributed by atoms with Gasteiger partial charge < -0.3 is 19.6 Å². The summed E-state index contributed by atoms with van der Waals surface area (Å²) in [6.07, 6.45) is 1.91. The molecule has 1 aromatic carbocycles. The molecule has 0 radical (unpaired) electrons. The molecular weight excluding hydrogens is 370 g/mol. The predicted molar refractivity (Wildman–Crippen MR) is 106 cm³/mol. The van der Waals surface area contributed by atoms with Gasteiger partial charge in [0.05, 0.1) is 24.6 Å². The standard InChI is InChI=1S/C22H25N3O4/c1-29-13-20(28)25-18(12-26)21(16-7-3-2-4-8-16)22(25)14-24(15-22)19(27)11-17-9-5-6-10-23-17/h2-10,18,21,26H,11-15H2,1H3/t18-,21+/m0/s1. The highest BCUT2D eigenvalue weighted by Gasteiger charge is 2.67. The van der Waals surface area contributed by atoms with Crippen molar-refractivity contribution < 1.29 is 19.4 Å².